The van der Waals surface area contributed by atoms with Crippen LogP contribution in [0.15, 0.2) is 12.7 Å². The van der Waals surface area contributed by atoms with Crippen molar-refractivity contribution < 1.29 is 4.79 Å². The fraction of sp³-hybridized carbons (Fsp3) is 0.786. The fourth-order valence-electron chi connectivity index (χ4n) is 2.84. The van der Waals surface area contributed by atoms with E-state index >= 15 is 0 Å². The molecule has 2 aliphatic rings. The van der Waals surface area contributed by atoms with E-state index in [-0.39, 0.29) is 5.91 Å². The molecule has 0 bridgehead atoms. The minimum absolute atomic E-state index is 0.264. The Morgan fingerprint density at radius 3 is 2.50 bits per heavy atom. The first-order chi connectivity index (χ1) is 8.79. The van der Waals surface area contributed by atoms with Gasteiger partial charge >= 0.3 is 0 Å². The second kappa shape index (κ2) is 6.90. The largest absolute Gasteiger partial charge is 0.339 e. The van der Waals surface area contributed by atoms with Crippen LogP contribution in [-0.2, 0) is 4.79 Å². The molecule has 18 heavy (non-hydrogen) atoms. The molecule has 0 aromatic carbocycles. The SMILES string of the molecule is C=CCN1CCN(C(=O)CNC2CCCC2)CC1. The summed E-state index contributed by atoms with van der Waals surface area (Å²) in [5.41, 5.74) is 0. The van der Waals surface area contributed by atoms with Gasteiger partial charge in [0.15, 0.2) is 0 Å². The van der Waals surface area contributed by atoms with Gasteiger partial charge in [-0.25, -0.2) is 0 Å². The van der Waals surface area contributed by atoms with Gasteiger partial charge in [0.1, 0.15) is 0 Å². The summed E-state index contributed by atoms with van der Waals surface area (Å²) in [5.74, 6) is 0.264. The first kappa shape index (κ1) is 13.6. The molecule has 1 saturated heterocycles. The highest BCUT2D eigenvalue weighted by atomic mass is 16.2. The Labute approximate surface area is 110 Å². The van der Waals surface area contributed by atoms with E-state index in [1.54, 1.807) is 0 Å². The maximum atomic E-state index is 12.0. The van der Waals surface area contributed by atoms with Crippen LogP contribution in [0.2, 0.25) is 0 Å². The van der Waals surface area contributed by atoms with Gasteiger partial charge in [0.2, 0.25) is 5.91 Å². The summed E-state index contributed by atoms with van der Waals surface area (Å²) in [5, 5.41) is 3.39. The van der Waals surface area contributed by atoms with Crippen molar-refractivity contribution in [3.8, 4) is 0 Å². The highest BCUT2D eigenvalue weighted by Gasteiger charge is 2.21. The van der Waals surface area contributed by atoms with E-state index in [0.717, 1.165) is 32.7 Å². The molecule has 1 aliphatic carbocycles. The van der Waals surface area contributed by atoms with Gasteiger partial charge in [0, 0.05) is 38.8 Å². The molecule has 2 fully saturated rings. The molecule has 1 aliphatic heterocycles. The summed E-state index contributed by atoms with van der Waals surface area (Å²) in [7, 11) is 0. The molecule has 1 N–H and O–H groups in total. The smallest absolute Gasteiger partial charge is 0.236 e. The highest BCUT2D eigenvalue weighted by Crippen LogP contribution is 2.17. The number of hydrogen-bond donors (Lipinski definition) is 1. The molecule has 0 radical (unpaired) electrons. The van der Waals surface area contributed by atoms with Crippen molar-refractivity contribution in [3.63, 3.8) is 0 Å². The zero-order valence-electron chi connectivity index (χ0n) is 11.2. The lowest BCUT2D eigenvalue weighted by atomic mass is 10.2. The predicted octanol–water partition coefficient (Wildman–Crippen LogP) is 0.849. The summed E-state index contributed by atoms with van der Waals surface area (Å²) in [6.07, 6.45) is 7.03. The molecule has 4 nitrogen and oxygen atoms in total. The predicted molar refractivity (Wildman–Crippen MR) is 73.5 cm³/mol. The number of amides is 1. The van der Waals surface area contributed by atoms with E-state index in [2.05, 4.69) is 16.8 Å². The fourth-order valence-corrected chi connectivity index (χ4v) is 2.84. The third-order valence-corrected chi connectivity index (χ3v) is 4.01. The second-order valence-corrected chi connectivity index (χ2v) is 5.33. The van der Waals surface area contributed by atoms with Crippen LogP contribution in [0.5, 0.6) is 0 Å². The van der Waals surface area contributed by atoms with Crippen LogP contribution in [0, 0.1) is 0 Å². The first-order valence-corrected chi connectivity index (χ1v) is 7.14. The molecule has 0 aromatic heterocycles. The van der Waals surface area contributed by atoms with Gasteiger partial charge in [0.25, 0.3) is 0 Å². The molecule has 1 heterocycles. The first-order valence-electron chi connectivity index (χ1n) is 7.14. The number of hydrogen-bond acceptors (Lipinski definition) is 3. The van der Waals surface area contributed by atoms with Gasteiger partial charge in [-0.1, -0.05) is 18.9 Å². The van der Waals surface area contributed by atoms with Crippen molar-refractivity contribution in [2.45, 2.75) is 31.7 Å². The third-order valence-electron chi connectivity index (χ3n) is 4.01. The molecular weight excluding hydrogens is 226 g/mol. The lowest BCUT2D eigenvalue weighted by molar-refractivity contribution is -0.132. The number of nitrogens with zero attached hydrogens (tertiary/aromatic N) is 2. The summed E-state index contributed by atoms with van der Waals surface area (Å²) >= 11 is 0. The van der Waals surface area contributed by atoms with E-state index in [9.17, 15) is 4.79 Å². The monoisotopic (exact) mass is 251 g/mol. The molecular formula is C14H25N3O. The van der Waals surface area contributed by atoms with Crippen molar-refractivity contribution >= 4 is 5.91 Å². The van der Waals surface area contributed by atoms with Crippen molar-refractivity contribution in [3.05, 3.63) is 12.7 Å². The van der Waals surface area contributed by atoms with Gasteiger partial charge in [0.05, 0.1) is 6.54 Å². The van der Waals surface area contributed by atoms with E-state index in [0.29, 0.717) is 12.6 Å². The minimum Gasteiger partial charge on any atom is -0.339 e. The summed E-state index contributed by atoms with van der Waals surface area (Å²) in [4.78, 5) is 16.4. The minimum atomic E-state index is 0.264. The number of carbonyl (C=O) groups is 1. The summed E-state index contributed by atoms with van der Waals surface area (Å²) in [6, 6.07) is 0.580. The maximum Gasteiger partial charge on any atom is 0.236 e. The maximum absolute atomic E-state index is 12.0. The zero-order chi connectivity index (χ0) is 12.8. The molecule has 0 spiro atoms. The van der Waals surface area contributed by atoms with Crippen LogP contribution in [0.3, 0.4) is 0 Å². The third kappa shape index (κ3) is 3.82. The van der Waals surface area contributed by atoms with E-state index in [1.165, 1.54) is 25.7 Å². The average Bonchev–Trinajstić information content (AvgIpc) is 2.90. The standard InChI is InChI=1S/C14H25N3O/c1-2-7-16-8-10-17(11-9-16)14(18)12-15-13-5-3-4-6-13/h2,13,15H,1,3-12H2. The van der Waals surface area contributed by atoms with Gasteiger partial charge in [-0.15, -0.1) is 6.58 Å². The van der Waals surface area contributed by atoms with Crippen molar-refractivity contribution in [1.29, 1.82) is 0 Å². The second-order valence-electron chi connectivity index (χ2n) is 5.33. The molecule has 1 saturated carbocycles. The Morgan fingerprint density at radius 1 is 1.22 bits per heavy atom. The summed E-state index contributed by atoms with van der Waals surface area (Å²) < 4.78 is 0. The molecule has 102 valence electrons. The summed E-state index contributed by atoms with van der Waals surface area (Å²) in [6.45, 7) is 8.87. The van der Waals surface area contributed by atoms with Gasteiger partial charge in [-0.2, -0.15) is 0 Å². The Bertz CT molecular complexity index is 279. The Morgan fingerprint density at radius 2 is 1.89 bits per heavy atom. The van der Waals surface area contributed by atoms with Crippen LogP contribution in [-0.4, -0.2) is 61.0 Å². The quantitative estimate of drug-likeness (QED) is 0.736. The normalized spacial score (nSPS) is 22.3. The van der Waals surface area contributed by atoms with Crippen LogP contribution in [0.4, 0.5) is 0 Å². The van der Waals surface area contributed by atoms with E-state index in [4.69, 9.17) is 0 Å². The zero-order valence-corrected chi connectivity index (χ0v) is 11.2. The van der Waals surface area contributed by atoms with Crippen LogP contribution in [0.1, 0.15) is 25.7 Å². The van der Waals surface area contributed by atoms with Gasteiger partial charge in [-0.3, -0.25) is 9.69 Å². The molecule has 0 atom stereocenters. The topological polar surface area (TPSA) is 35.6 Å². The van der Waals surface area contributed by atoms with Crippen molar-refractivity contribution in [1.82, 2.24) is 15.1 Å². The highest BCUT2D eigenvalue weighted by molar-refractivity contribution is 5.78. The average molecular weight is 251 g/mol. The molecule has 4 heteroatoms. The Kier molecular flexibility index (Phi) is 5.20. The van der Waals surface area contributed by atoms with Crippen LogP contribution >= 0.6 is 0 Å². The van der Waals surface area contributed by atoms with Crippen molar-refractivity contribution in [2.75, 3.05) is 39.3 Å². The lowest BCUT2D eigenvalue weighted by Crippen LogP contribution is -2.51. The Hall–Kier alpha value is -0.870. The van der Waals surface area contributed by atoms with Crippen molar-refractivity contribution in [2.24, 2.45) is 0 Å². The number of nitrogens with one attached hydrogen (secondary N) is 1. The molecule has 0 unspecified atom stereocenters. The number of carbonyl (C=O) groups excluding carboxylic acids is 1. The lowest BCUT2D eigenvalue weighted by Gasteiger charge is -2.34. The van der Waals surface area contributed by atoms with Gasteiger partial charge < -0.3 is 10.2 Å². The molecule has 2 rings (SSSR count). The van der Waals surface area contributed by atoms with Gasteiger partial charge in [-0.05, 0) is 12.8 Å². The van der Waals surface area contributed by atoms with E-state index < -0.39 is 0 Å². The van der Waals surface area contributed by atoms with E-state index in [1.807, 2.05) is 11.0 Å². The number of piperazine rings is 1. The Balaban J connectivity index is 1.65. The number of rotatable bonds is 5. The van der Waals surface area contributed by atoms with Crippen LogP contribution < -0.4 is 5.32 Å². The van der Waals surface area contributed by atoms with Crippen LogP contribution in [0.25, 0.3) is 0 Å². The molecule has 0 aromatic rings. The molecule has 1 amide bonds.